The Morgan fingerprint density at radius 2 is 0.893 bits per heavy atom. The molecule has 0 bridgehead atoms. The van der Waals surface area contributed by atoms with Crippen molar-refractivity contribution in [3.05, 3.63) is 0 Å². The third-order valence-electron chi connectivity index (χ3n) is 5.38. The fourth-order valence-corrected chi connectivity index (χ4v) is 3.45. The number of carbonyl (C=O) groups is 1. The number of carboxylic acids is 1. The van der Waals surface area contributed by atoms with E-state index in [2.05, 4.69) is 27.7 Å². The second-order valence-electron chi connectivity index (χ2n) is 8.98. The average molecular weight is 399 g/mol. The van der Waals surface area contributed by atoms with E-state index in [0.717, 1.165) is 18.8 Å². The molecule has 0 fully saturated rings. The van der Waals surface area contributed by atoms with Gasteiger partial charge in [0.25, 0.3) is 0 Å². The zero-order valence-corrected chi connectivity index (χ0v) is 20.1. The molecular weight excluding hydrogens is 344 g/mol. The van der Waals surface area contributed by atoms with Crippen LogP contribution in [-0.2, 0) is 4.79 Å². The third kappa shape index (κ3) is 33.1. The van der Waals surface area contributed by atoms with Gasteiger partial charge in [0.05, 0.1) is 0 Å². The molecule has 0 radical (unpaired) electrons. The van der Waals surface area contributed by atoms with E-state index < -0.39 is 5.97 Å². The molecule has 0 heterocycles. The fraction of sp³-hybridized carbons (Fsp3) is 0.962. The molecule has 0 saturated carbocycles. The van der Waals surface area contributed by atoms with E-state index in [9.17, 15) is 4.79 Å². The van der Waals surface area contributed by atoms with Crippen LogP contribution in [0.3, 0.4) is 0 Å². The Morgan fingerprint density at radius 1 is 0.571 bits per heavy atom. The normalized spacial score (nSPS) is 10.8. The molecule has 0 aliphatic heterocycles. The molecule has 0 aromatic rings. The van der Waals surface area contributed by atoms with Crippen molar-refractivity contribution >= 4 is 5.97 Å². The Labute approximate surface area is 178 Å². The Hall–Kier alpha value is -0.530. The van der Waals surface area contributed by atoms with Crippen molar-refractivity contribution in [3.63, 3.8) is 0 Å². The number of rotatable bonds is 20. The molecule has 28 heavy (non-hydrogen) atoms. The van der Waals surface area contributed by atoms with E-state index >= 15 is 0 Å². The highest BCUT2D eigenvalue weighted by Crippen LogP contribution is 2.14. The lowest BCUT2D eigenvalue weighted by Gasteiger charge is -2.04. The minimum Gasteiger partial charge on any atom is -0.481 e. The number of carboxylic acid groups (broad SMARTS) is 1. The van der Waals surface area contributed by atoms with Crippen molar-refractivity contribution in [2.24, 2.45) is 5.92 Å². The molecule has 0 saturated heterocycles. The standard InChI is InChI=1S/C18H36O2.C8H18/c1-17(2)15-13-11-9-7-5-3-4-6-8-10-12-14-16-18(19)20;1-3-5-7-8-6-4-2/h17H,3-16H2,1-2H3,(H,19,20);3-8H2,1-2H3. The summed E-state index contributed by atoms with van der Waals surface area (Å²) in [7, 11) is 0. The summed E-state index contributed by atoms with van der Waals surface area (Å²) in [6.07, 6.45) is 25.8. The zero-order valence-electron chi connectivity index (χ0n) is 20.1. The first-order chi connectivity index (χ1) is 13.5. The lowest BCUT2D eigenvalue weighted by atomic mass is 10.0. The summed E-state index contributed by atoms with van der Waals surface area (Å²) < 4.78 is 0. The molecule has 0 aliphatic carbocycles. The molecule has 0 aromatic carbocycles. The Morgan fingerprint density at radius 3 is 1.21 bits per heavy atom. The summed E-state index contributed by atoms with van der Waals surface area (Å²) in [5.74, 6) is 0.212. The maximum absolute atomic E-state index is 10.3. The van der Waals surface area contributed by atoms with E-state index in [1.165, 1.54) is 109 Å². The van der Waals surface area contributed by atoms with Gasteiger partial charge in [0.1, 0.15) is 0 Å². The molecule has 2 nitrogen and oxygen atoms in total. The molecule has 0 amide bonds. The van der Waals surface area contributed by atoms with Gasteiger partial charge >= 0.3 is 5.97 Å². The fourth-order valence-electron chi connectivity index (χ4n) is 3.45. The Balaban J connectivity index is 0. The van der Waals surface area contributed by atoms with E-state index in [1.807, 2.05) is 0 Å². The van der Waals surface area contributed by atoms with Crippen LogP contribution in [0.2, 0.25) is 0 Å². The highest BCUT2D eigenvalue weighted by molar-refractivity contribution is 5.66. The predicted octanol–water partition coefficient (Wildman–Crippen LogP) is 9.56. The lowest BCUT2D eigenvalue weighted by Crippen LogP contribution is -1.93. The van der Waals surface area contributed by atoms with E-state index in [-0.39, 0.29) is 0 Å². The number of aliphatic carboxylic acids is 1. The van der Waals surface area contributed by atoms with Crippen molar-refractivity contribution in [2.75, 3.05) is 0 Å². The largest absolute Gasteiger partial charge is 0.481 e. The van der Waals surface area contributed by atoms with Gasteiger partial charge in [-0.3, -0.25) is 4.79 Å². The molecule has 170 valence electrons. The molecule has 0 aromatic heterocycles. The van der Waals surface area contributed by atoms with E-state index in [0.29, 0.717) is 6.42 Å². The molecule has 0 rings (SSSR count). The van der Waals surface area contributed by atoms with Crippen LogP contribution in [0.5, 0.6) is 0 Å². The van der Waals surface area contributed by atoms with Crippen LogP contribution in [0.15, 0.2) is 0 Å². The minimum absolute atomic E-state index is 0.344. The number of hydrogen-bond donors (Lipinski definition) is 1. The highest BCUT2D eigenvalue weighted by Gasteiger charge is 1.97. The van der Waals surface area contributed by atoms with Gasteiger partial charge in [-0.2, -0.15) is 0 Å². The molecule has 1 N–H and O–H groups in total. The first-order valence-corrected chi connectivity index (χ1v) is 12.8. The van der Waals surface area contributed by atoms with Crippen LogP contribution >= 0.6 is 0 Å². The SMILES string of the molecule is CC(C)CCCCCCCCCCCCCCC(=O)O.CCCCCCCC. The first kappa shape index (κ1) is 29.7. The quantitative estimate of drug-likeness (QED) is 0.207. The monoisotopic (exact) mass is 398 g/mol. The summed E-state index contributed by atoms with van der Waals surface area (Å²) >= 11 is 0. The smallest absolute Gasteiger partial charge is 0.303 e. The summed E-state index contributed by atoms with van der Waals surface area (Å²) in [6, 6.07) is 0. The van der Waals surface area contributed by atoms with Crippen LogP contribution in [0.4, 0.5) is 0 Å². The van der Waals surface area contributed by atoms with Gasteiger partial charge in [-0.1, -0.05) is 143 Å². The van der Waals surface area contributed by atoms with Crippen LogP contribution in [0.25, 0.3) is 0 Å². The molecular formula is C26H54O2. The zero-order chi connectivity index (χ0) is 21.3. The van der Waals surface area contributed by atoms with Crippen molar-refractivity contribution in [3.8, 4) is 0 Å². The molecule has 0 unspecified atom stereocenters. The van der Waals surface area contributed by atoms with Gasteiger partial charge in [0, 0.05) is 6.42 Å². The predicted molar refractivity (Wildman–Crippen MR) is 126 cm³/mol. The van der Waals surface area contributed by atoms with Crippen molar-refractivity contribution in [1.82, 2.24) is 0 Å². The van der Waals surface area contributed by atoms with Crippen LogP contribution in [0.1, 0.15) is 156 Å². The maximum atomic E-state index is 10.3. The van der Waals surface area contributed by atoms with E-state index in [1.54, 1.807) is 0 Å². The van der Waals surface area contributed by atoms with Crippen LogP contribution < -0.4 is 0 Å². The molecule has 0 aliphatic rings. The topological polar surface area (TPSA) is 37.3 Å². The summed E-state index contributed by atoms with van der Waals surface area (Å²) in [6.45, 7) is 9.13. The second kappa shape index (κ2) is 26.5. The molecule has 0 spiro atoms. The van der Waals surface area contributed by atoms with Crippen LogP contribution in [-0.4, -0.2) is 11.1 Å². The second-order valence-corrected chi connectivity index (χ2v) is 8.98. The third-order valence-corrected chi connectivity index (χ3v) is 5.38. The van der Waals surface area contributed by atoms with Gasteiger partial charge < -0.3 is 5.11 Å². The van der Waals surface area contributed by atoms with Crippen molar-refractivity contribution in [2.45, 2.75) is 156 Å². The van der Waals surface area contributed by atoms with Gasteiger partial charge in [-0.25, -0.2) is 0 Å². The molecule has 0 atom stereocenters. The molecule has 2 heteroatoms. The van der Waals surface area contributed by atoms with Gasteiger partial charge in [-0.15, -0.1) is 0 Å². The summed E-state index contributed by atoms with van der Waals surface area (Å²) in [4.78, 5) is 10.3. The summed E-state index contributed by atoms with van der Waals surface area (Å²) in [5.41, 5.74) is 0. The van der Waals surface area contributed by atoms with Crippen LogP contribution in [0, 0.1) is 5.92 Å². The summed E-state index contributed by atoms with van der Waals surface area (Å²) in [5, 5.41) is 8.52. The van der Waals surface area contributed by atoms with Crippen molar-refractivity contribution < 1.29 is 9.90 Å². The Bertz CT molecular complexity index is 280. The lowest BCUT2D eigenvalue weighted by molar-refractivity contribution is -0.137. The van der Waals surface area contributed by atoms with Gasteiger partial charge in [0.15, 0.2) is 0 Å². The van der Waals surface area contributed by atoms with Gasteiger partial charge in [-0.05, 0) is 12.3 Å². The number of hydrogen-bond acceptors (Lipinski definition) is 1. The first-order valence-electron chi connectivity index (χ1n) is 12.8. The minimum atomic E-state index is -0.654. The highest BCUT2D eigenvalue weighted by atomic mass is 16.4. The van der Waals surface area contributed by atoms with Gasteiger partial charge in [0.2, 0.25) is 0 Å². The average Bonchev–Trinajstić information content (AvgIpc) is 2.65. The maximum Gasteiger partial charge on any atom is 0.303 e. The van der Waals surface area contributed by atoms with Crippen molar-refractivity contribution in [1.29, 1.82) is 0 Å². The number of unbranched alkanes of at least 4 members (excludes halogenated alkanes) is 16. The van der Waals surface area contributed by atoms with E-state index in [4.69, 9.17) is 5.11 Å². The Kier molecular flexibility index (Phi) is 28.0.